The molecule has 110 valence electrons. The maximum atomic E-state index is 5.20. The van der Waals surface area contributed by atoms with Crippen LogP contribution in [-0.2, 0) is 13.5 Å². The molecule has 2 aromatic heterocycles. The van der Waals surface area contributed by atoms with Gasteiger partial charge >= 0.3 is 0 Å². The van der Waals surface area contributed by atoms with Crippen LogP contribution < -0.4 is 0 Å². The Hall–Kier alpha value is -1.23. The monoisotopic (exact) mass is 293 g/mol. The van der Waals surface area contributed by atoms with Crippen molar-refractivity contribution >= 4 is 11.8 Å². The van der Waals surface area contributed by atoms with Crippen molar-refractivity contribution in [2.45, 2.75) is 50.6 Å². The molecule has 2 rings (SSSR count). The molecule has 0 aliphatic heterocycles. The highest BCUT2D eigenvalue weighted by Gasteiger charge is 2.01. The van der Waals surface area contributed by atoms with Crippen LogP contribution >= 0.6 is 11.8 Å². The van der Waals surface area contributed by atoms with Crippen molar-refractivity contribution in [2.75, 3.05) is 5.75 Å². The highest BCUT2D eigenvalue weighted by Crippen LogP contribution is 2.17. The highest BCUT2D eigenvalue weighted by atomic mass is 32.2. The van der Waals surface area contributed by atoms with Crippen molar-refractivity contribution < 1.29 is 4.52 Å². The first-order valence-corrected chi connectivity index (χ1v) is 8.26. The van der Waals surface area contributed by atoms with Gasteiger partial charge in [0.05, 0.1) is 5.69 Å². The standard InChI is InChI=1S/C15H23N3OS/c1-13-12-14(19-17-13)8-6-4-3-5-7-11-20-15-16-9-10-18(15)2/h9-10,12H,3-8,11H2,1-2H3. The number of nitrogens with zero attached hydrogens (tertiary/aromatic N) is 3. The number of aryl methyl sites for hydroxylation is 3. The van der Waals surface area contributed by atoms with Crippen LogP contribution in [0.1, 0.15) is 43.6 Å². The van der Waals surface area contributed by atoms with Crippen LogP contribution in [0.25, 0.3) is 0 Å². The van der Waals surface area contributed by atoms with Crippen LogP contribution in [0.15, 0.2) is 28.1 Å². The fourth-order valence-corrected chi connectivity index (χ4v) is 3.05. The zero-order valence-corrected chi connectivity index (χ0v) is 13.2. The van der Waals surface area contributed by atoms with E-state index in [9.17, 15) is 0 Å². The van der Waals surface area contributed by atoms with Gasteiger partial charge in [0, 0.05) is 37.7 Å². The molecule has 0 aliphatic carbocycles. The molecular formula is C15H23N3OS. The second kappa shape index (κ2) is 8.15. The molecule has 0 amide bonds. The minimum Gasteiger partial charge on any atom is -0.361 e. The van der Waals surface area contributed by atoms with Crippen LogP contribution in [0.4, 0.5) is 0 Å². The summed E-state index contributed by atoms with van der Waals surface area (Å²) in [5, 5.41) is 5.02. The molecule has 0 spiro atoms. The van der Waals surface area contributed by atoms with E-state index in [-0.39, 0.29) is 0 Å². The van der Waals surface area contributed by atoms with Crippen LogP contribution in [0.5, 0.6) is 0 Å². The van der Waals surface area contributed by atoms with E-state index in [0.29, 0.717) is 0 Å². The molecule has 0 bridgehead atoms. The first-order chi connectivity index (χ1) is 9.75. The Kier molecular flexibility index (Phi) is 6.18. The van der Waals surface area contributed by atoms with E-state index in [4.69, 9.17) is 4.52 Å². The Bertz CT molecular complexity index is 507. The summed E-state index contributed by atoms with van der Waals surface area (Å²) in [6.45, 7) is 1.96. The van der Waals surface area contributed by atoms with E-state index in [1.54, 1.807) is 0 Å². The topological polar surface area (TPSA) is 43.9 Å². The lowest BCUT2D eigenvalue weighted by Gasteiger charge is -2.02. The molecule has 0 saturated carbocycles. The predicted molar refractivity (Wildman–Crippen MR) is 82.0 cm³/mol. The Morgan fingerprint density at radius 1 is 1.20 bits per heavy atom. The van der Waals surface area contributed by atoms with Crippen LogP contribution in [0.3, 0.4) is 0 Å². The number of aromatic nitrogens is 3. The fourth-order valence-electron chi connectivity index (χ4n) is 2.12. The van der Waals surface area contributed by atoms with Gasteiger partial charge in [-0.05, 0) is 19.8 Å². The summed E-state index contributed by atoms with van der Waals surface area (Å²) in [5.74, 6) is 2.18. The quantitative estimate of drug-likeness (QED) is 0.518. The molecule has 0 fully saturated rings. The Morgan fingerprint density at radius 3 is 2.70 bits per heavy atom. The summed E-state index contributed by atoms with van der Waals surface area (Å²) < 4.78 is 7.27. The molecule has 5 heteroatoms. The molecule has 2 aromatic rings. The van der Waals surface area contributed by atoms with E-state index in [0.717, 1.165) is 28.8 Å². The molecule has 2 heterocycles. The Labute approximate surface area is 125 Å². The third-order valence-corrected chi connectivity index (χ3v) is 4.40. The van der Waals surface area contributed by atoms with Gasteiger partial charge in [0.15, 0.2) is 5.16 Å². The molecule has 0 atom stereocenters. The Balaban J connectivity index is 1.45. The molecular weight excluding hydrogens is 270 g/mol. The average Bonchev–Trinajstić information content (AvgIpc) is 3.02. The van der Waals surface area contributed by atoms with Gasteiger partial charge in [-0.1, -0.05) is 36.2 Å². The molecule has 0 unspecified atom stereocenters. The smallest absolute Gasteiger partial charge is 0.167 e. The van der Waals surface area contributed by atoms with Gasteiger partial charge in [0.2, 0.25) is 0 Å². The number of rotatable bonds is 9. The first kappa shape index (κ1) is 15.2. The molecule has 4 nitrogen and oxygen atoms in total. The van der Waals surface area contributed by atoms with Crippen LogP contribution in [-0.4, -0.2) is 20.5 Å². The van der Waals surface area contributed by atoms with Gasteiger partial charge < -0.3 is 9.09 Å². The first-order valence-electron chi connectivity index (χ1n) is 7.28. The fraction of sp³-hybridized carbons (Fsp3) is 0.600. The second-order valence-electron chi connectivity index (χ2n) is 5.12. The zero-order valence-electron chi connectivity index (χ0n) is 12.3. The highest BCUT2D eigenvalue weighted by molar-refractivity contribution is 7.99. The van der Waals surface area contributed by atoms with Gasteiger partial charge in [-0.15, -0.1) is 0 Å². The summed E-state index contributed by atoms with van der Waals surface area (Å²) >= 11 is 1.85. The van der Waals surface area contributed by atoms with Crippen molar-refractivity contribution in [3.8, 4) is 0 Å². The summed E-state index contributed by atoms with van der Waals surface area (Å²) in [5.41, 5.74) is 0.978. The van der Waals surface area contributed by atoms with Crippen LogP contribution in [0.2, 0.25) is 0 Å². The maximum absolute atomic E-state index is 5.20. The molecule has 0 aromatic carbocycles. The van der Waals surface area contributed by atoms with Crippen molar-refractivity contribution in [3.05, 3.63) is 29.9 Å². The normalized spacial score (nSPS) is 11.1. The lowest BCUT2D eigenvalue weighted by Crippen LogP contribution is -1.90. The number of hydrogen-bond acceptors (Lipinski definition) is 4. The van der Waals surface area contributed by atoms with Crippen LogP contribution in [0, 0.1) is 6.92 Å². The minimum absolute atomic E-state index is 0.978. The third kappa shape index (κ3) is 5.04. The summed E-state index contributed by atoms with van der Waals surface area (Å²) in [6, 6.07) is 2.03. The maximum Gasteiger partial charge on any atom is 0.167 e. The lowest BCUT2D eigenvalue weighted by molar-refractivity contribution is 0.375. The molecule has 0 N–H and O–H groups in total. The molecule has 20 heavy (non-hydrogen) atoms. The summed E-state index contributed by atoms with van der Waals surface area (Å²) in [4.78, 5) is 4.31. The van der Waals surface area contributed by atoms with Gasteiger partial charge in [-0.2, -0.15) is 0 Å². The predicted octanol–water partition coefficient (Wildman–Crippen LogP) is 4.00. The molecule has 0 saturated heterocycles. The van der Waals surface area contributed by atoms with Gasteiger partial charge in [0.25, 0.3) is 0 Å². The van der Waals surface area contributed by atoms with Crippen molar-refractivity contribution in [1.29, 1.82) is 0 Å². The van der Waals surface area contributed by atoms with Crippen molar-refractivity contribution in [1.82, 2.24) is 14.7 Å². The SMILES string of the molecule is Cc1cc(CCCCCCCSc2nccn2C)on1. The van der Waals surface area contributed by atoms with E-state index in [1.807, 2.05) is 44.2 Å². The third-order valence-electron chi connectivity index (χ3n) is 3.25. The lowest BCUT2D eigenvalue weighted by atomic mass is 10.1. The number of thioether (sulfide) groups is 1. The van der Waals surface area contributed by atoms with E-state index in [2.05, 4.69) is 14.7 Å². The largest absolute Gasteiger partial charge is 0.361 e. The van der Waals surface area contributed by atoms with Crippen molar-refractivity contribution in [2.24, 2.45) is 7.05 Å². The minimum atomic E-state index is 0.978. The van der Waals surface area contributed by atoms with Gasteiger partial charge in [-0.25, -0.2) is 4.98 Å². The van der Waals surface area contributed by atoms with E-state index >= 15 is 0 Å². The van der Waals surface area contributed by atoms with Gasteiger partial charge in [0.1, 0.15) is 5.76 Å². The Morgan fingerprint density at radius 2 is 2.00 bits per heavy atom. The molecule has 0 radical (unpaired) electrons. The second-order valence-corrected chi connectivity index (χ2v) is 6.18. The summed E-state index contributed by atoms with van der Waals surface area (Å²) in [6.07, 6.45) is 11.2. The number of hydrogen-bond donors (Lipinski definition) is 0. The van der Waals surface area contributed by atoms with E-state index < -0.39 is 0 Å². The average molecular weight is 293 g/mol. The van der Waals surface area contributed by atoms with E-state index in [1.165, 1.54) is 32.1 Å². The molecule has 0 aliphatic rings. The number of imidazole rings is 1. The van der Waals surface area contributed by atoms with Gasteiger partial charge in [-0.3, -0.25) is 0 Å². The summed E-state index contributed by atoms with van der Waals surface area (Å²) in [7, 11) is 2.04. The van der Waals surface area contributed by atoms with Crippen molar-refractivity contribution in [3.63, 3.8) is 0 Å². The number of unbranched alkanes of at least 4 members (excludes halogenated alkanes) is 4. The zero-order chi connectivity index (χ0) is 14.2.